The number of hydrogen-bond acceptors (Lipinski definition) is 3. The van der Waals surface area contributed by atoms with Gasteiger partial charge in [-0.1, -0.05) is 23.7 Å². The van der Waals surface area contributed by atoms with E-state index in [-0.39, 0.29) is 11.7 Å². The maximum atomic E-state index is 12.5. The van der Waals surface area contributed by atoms with E-state index >= 15 is 0 Å². The zero-order valence-corrected chi connectivity index (χ0v) is 14.3. The number of hydrogen-bond donors (Lipinski definition) is 1. The normalized spacial score (nSPS) is 15.5. The van der Waals surface area contributed by atoms with Crippen LogP contribution in [-0.4, -0.2) is 52.7 Å². The first-order chi connectivity index (χ1) is 11.5. The van der Waals surface area contributed by atoms with Crippen molar-refractivity contribution in [2.45, 2.75) is 13.5 Å². The SMILES string of the molecule is CC(=O)c1c[nH]c(C(=O)N2CCN(Cc3cccc(Cl)c3)CC2)c1. The molecule has 1 amide bonds. The Morgan fingerprint density at radius 3 is 2.54 bits per heavy atom. The van der Waals surface area contributed by atoms with Crippen LogP contribution in [0, 0.1) is 0 Å². The van der Waals surface area contributed by atoms with Crippen LogP contribution in [-0.2, 0) is 6.54 Å². The maximum Gasteiger partial charge on any atom is 0.270 e. The van der Waals surface area contributed by atoms with E-state index in [9.17, 15) is 9.59 Å². The fraction of sp³-hybridized carbons (Fsp3) is 0.333. The summed E-state index contributed by atoms with van der Waals surface area (Å²) in [6, 6.07) is 9.48. The standard InChI is InChI=1S/C18H20ClN3O2/c1-13(23)15-10-17(20-11-15)18(24)22-7-5-21(6-8-22)12-14-3-2-4-16(19)9-14/h2-4,9-11,20H,5-8,12H2,1H3. The molecule has 24 heavy (non-hydrogen) atoms. The van der Waals surface area contributed by atoms with Gasteiger partial charge in [0, 0.05) is 49.5 Å². The Hall–Kier alpha value is -2.11. The number of Topliss-reactive ketones (excluding diaryl/α,β-unsaturated/α-hetero) is 1. The summed E-state index contributed by atoms with van der Waals surface area (Å²) in [7, 11) is 0. The first-order valence-corrected chi connectivity index (χ1v) is 8.36. The molecule has 0 spiro atoms. The van der Waals surface area contributed by atoms with Gasteiger partial charge in [0.15, 0.2) is 5.78 Å². The van der Waals surface area contributed by atoms with Crippen molar-refractivity contribution in [3.8, 4) is 0 Å². The van der Waals surface area contributed by atoms with Gasteiger partial charge in [-0.3, -0.25) is 14.5 Å². The number of rotatable bonds is 4. The van der Waals surface area contributed by atoms with Gasteiger partial charge < -0.3 is 9.88 Å². The molecule has 1 aliphatic heterocycles. The second kappa shape index (κ2) is 7.20. The van der Waals surface area contributed by atoms with Gasteiger partial charge in [0.2, 0.25) is 0 Å². The predicted octanol–water partition coefficient (Wildman–Crippen LogP) is 2.83. The number of carbonyl (C=O) groups is 2. The van der Waals surface area contributed by atoms with Gasteiger partial charge in [0.1, 0.15) is 5.69 Å². The topological polar surface area (TPSA) is 56.4 Å². The molecule has 2 heterocycles. The van der Waals surface area contributed by atoms with E-state index < -0.39 is 0 Å². The molecular weight excluding hydrogens is 326 g/mol. The van der Waals surface area contributed by atoms with Crippen LogP contribution in [0.25, 0.3) is 0 Å². The van der Waals surface area contributed by atoms with Crippen LogP contribution in [0.3, 0.4) is 0 Å². The quantitative estimate of drug-likeness (QED) is 0.867. The smallest absolute Gasteiger partial charge is 0.270 e. The Balaban J connectivity index is 1.56. The summed E-state index contributed by atoms with van der Waals surface area (Å²) in [5.74, 6) is -0.0958. The maximum absolute atomic E-state index is 12.5. The minimum absolute atomic E-state index is 0.0448. The van der Waals surface area contributed by atoms with E-state index in [1.54, 1.807) is 12.3 Å². The molecule has 1 aliphatic rings. The minimum Gasteiger partial charge on any atom is -0.356 e. The van der Waals surface area contributed by atoms with Crippen molar-refractivity contribution in [1.82, 2.24) is 14.8 Å². The number of ketones is 1. The van der Waals surface area contributed by atoms with Crippen molar-refractivity contribution in [3.63, 3.8) is 0 Å². The van der Waals surface area contributed by atoms with Gasteiger partial charge in [-0.05, 0) is 30.7 Å². The highest BCUT2D eigenvalue weighted by Gasteiger charge is 2.23. The second-order valence-electron chi connectivity index (χ2n) is 6.06. The summed E-state index contributed by atoms with van der Waals surface area (Å²) in [5.41, 5.74) is 2.19. The third-order valence-electron chi connectivity index (χ3n) is 4.27. The number of halogens is 1. The van der Waals surface area contributed by atoms with Crippen LogP contribution >= 0.6 is 11.6 Å². The molecule has 1 N–H and O–H groups in total. The van der Waals surface area contributed by atoms with Crippen LogP contribution in [0.2, 0.25) is 5.02 Å². The molecule has 0 aliphatic carbocycles. The van der Waals surface area contributed by atoms with Crippen LogP contribution in [0.1, 0.15) is 33.3 Å². The summed E-state index contributed by atoms with van der Waals surface area (Å²) >= 11 is 6.02. The molecule has 5 nitrogen and oxygen atoms in total. The van der Waals surface area contributed by atoms with Crippen molar-refractivity contribution in [3.05, 3.63) is 58.4 Å². The fourth-order valence-electron chi connectivity index (χ4n) is 2.89. The molecule has 1 aromatic heterocycles. The number of nitrogens with one attached hydrogen (secondary N) is 1. The zero-order chi connectivity index (χ0) is 17.1. The third-order valence-corrected chi connectivity index (χ3v) is 4.51. The number of benzene rings is 1. The molecular formula is C18H20ClN3O2. The highest BCUT2D eigenvalue weighted by Crippen LogP contribution is 2.15. The van der Waals surface area contributed by atoms with Crippen molar-refractivity contribution < 1.29 is 9.59 Å². The molecule has 3 rings (SSSR count). The van der Waals surface area contributed by atoms with E-state index in [0.717, 1.165) is 24.7 Å². The number of aromatic nitrogens is 1. The molecule has 2 aromatic rings. The molecule has 0 radical (unpaired) electrons. The fourth-order valence-corrected chi connectivity index (χ4v) is 3.11. The summed E-state index contributed by atoms with van der Waals surface area (Å²) in [4.78, 5) is 30.9. The first-order valence-electron chi connectivity index (χ1n) is 7.98. The average Bonchev–Trinajstić information content (AvgIpc) is 3.05. The van der Waals surface area contributed by atoms with E-state index in [4.69, 9.17) is 11.6 Å². The van der Waals surface area contributed by atoms with Gasteiger partial charge in [0.05, 0.1) is 0 Å². The lowest BCUT2D eigenvalue weighted by molar-refractivity contribution is 0.0623. The lowest BCUT2D eigenvalue weighted by atomic mass is 10.2. The van der Waals surface area contributed by atoms with E-state index in [1.807, 2.05) is 23.1 Å². The van der Waals surface area contributed by atoms with Crippen LogP contribution < -0.4 is 0 Å². The van der Waals surface area contributed by atoms with Crippen LogP contribution in [0.15, 0.2) is 36.5 Å². The lowest BCUT2D eigenvalue weighted by Crippen LogP contribution is -2.48. The van der Waals surface area contributed by atoms with Gasteiger partial charge in [-0.25, -0.2) is 0 Å². The van der Waals surface area contributed by atoms with Gasteiger partial charge in [-0.15, -0.1) is 0 Å². The molecule has 0 saturated carbocycles. The average molecular weight is 346 g/mol. The second-order valence-corrected chi connectivity index (χ2v) is 6.49. The summed E-state index contributed by atoms with van der Waals surface area (Å²) in [5, 5.41) is 0.745. The number of H-pyrrole nitrogens is 1. The largest absolute Gasteiger partial charge is 0.356 e. The van der Waals surface area contributed by atoms with Gasteiger partial charge in [0.25, 0.3) is 5.91 Å². The molecule has 0 bridgehead atoms. The van der Waals surface area contributed by atoms with Crippen molar-refractivity contribution in [1.29, 1.82) is 0 Å². The molecule has 0 atom stereocenters. The highest BCUT2D eigenvalue weighted by atomic mass is 35.5. The number of piperazine rings is 1. The molecule has 0 unspecified atom stereocenters. The summed E-state index contributed by atoms with van der Waals surface area (Å²) < 4.78 is 0. The van der Waals surface area contributed by atoms with Crippen molar-refractivity contribution in [2.24, 2.45) is 0 Å². The Bertz CT molecular complexity index is 748. The number of nitrogens with zero attached hydrogens (tertiary/aromatic N) is 2. The number of amides is 1. The van der Waals surface area contributed by atoms with E-state index in [1.165, 1.54) is 12.5 Å². The Morgan fingerprint density at radius 1 is 1.17 bits per heavy atom. The van der Waals surface area contributed by atoms with Gasteiger partial charge in [-0.2, -0.15) is 0 Å². The number of aromatic amines is 1. The van der Waals surface area contributed by atoms with E-state index in [2.05, 4.69) is 16.0 Å². The minimum atomic E-state index is -0.0510. The molecule has 126 valence electrons. The Morgan fingerprint density at radius 2 is 1.92 bits per heavy atom. The van der Waals surface area contributed by atoms with Crippen LogP contribution in [0.5, 0.6) is 0 Å². The third kappa shape index (κ3) is 3.86. The van der Waals surface area contributed by atoms with Gasteiger partial charge >= 0.3 is 0 Å². The zero-order valence-electron chi connectivity index (χ0n) is 13.6. The van der Waals surface area contributed by atoms with Crippen molar-refractivity contribution in [2.75, 3.05) is 26.2 Å². The van der Waals surface area contributed by atoms with Crippen LogP contribution in [0.4, 0.5) is 0 Å². The van der Waals surface area contributed by atoms with Crippen molar-refractivity contribution >= 4 is 23.3 Å². The highest BCUT2D eigenvalue weighted by molar-refractivity contribution is 6.30. The Kier molecular flexibility index (Phi) is 5.02. The molecule has 6 heteroatoms. The lowest BCUT2D eigenvalue weighted by Gasteiger charge is -2.34. The first kappa shape index (κ1) is 16.7. The molecule has 1 aromatic carbocycles. The summed E-state index contributed by atoms with van der Waals surface area (Å²) in [6.07, 6.45) is 1.59. The summed E-state index contributed by atoms with van der Waals surface area (Å²) in [6.45, 7) is 5.31. The Labute approximate surface area is 146 Å². The molecule has 1 fully saturated rings. The molecule has 1 saturated heterocycles. The number of carbonyl (C=O) groups excluding carboxylic acids is 2. The van der Waals surface area contributed by atoms with E-state index in [0.29, 0.717) is 24.3 Å². The predicted molar refractivity (Wildman–Crippen MR) is 93.4 cm³/mol. The monoisotopic (exact) mass is 345 g/mol.